The van der Waals surface area contributed by atoms with Crippen LogP contribution in [0.3, 0.4) is 0 Å². The van der Waals surface area contributed by atoms with Crippen molar-refractivity contribution in [2.45, 2.75) is 0 Å². The first-order chi connectivity index (χ1) is 6.27. The van der Waals surface area contributed by atoms with Crippen molar-refractivity contribution in [2.75, 3.05) is 0 Å². The van der Waals surface area contributed by atoms with Gasteiger partial charge in [0.1, 0.15) is 0 Å². The smallest absolute Gasteiger partial charge is 0.0569 e. The largest absolute Gasteiger partial charge is 0.275 e. The van der Waals surface area contributed by atoms with Crippen LogP contribution in [0.25, 0.3) is 11.1 Å². The third kappa shape index (κ3) is 1.62. The second-order valence-electron chi connectivity index (χ2n) is 2.76. The van der Waals surface area contributed by atoms with Crippen molar-refractivity contribution >= 4 is 15.9 Å². The summed E-state index contributed by atoms with van der Waals surface area (Å²) in [6.45, 7) is 0. The summed E-state index contributed by atoms with van der Waals surface area (Å²) in [5.74, 6) is 0. The number of aromatic nitrogens is 3. The van der Waals surface area contributed by atoms with Crippen LogP contribution in [-0.2, 0) is 7.05 Å². The molecule has 0 spiro atoms. The van der Waals surface area contributed by atoms with E-state index in [1.807, 2.05) is 31.7 Å². The molecule has 0 aromatic carbocycles. The summed E-state index contributed by atoms with van der Waals surface area (Å²) in [4.78, 5) is 4.06. The van der Waals surface area contributed by atoms with Crippen molar-refractivity contribution in [3.63, 3.8) is 0 Å². The van der Waals surface area contributed by atoms with Crippen LogP contribution in [0.2, 0.25) is 0 Å². The van der Waals surface area contributed by atoms with Crippen LogP contribution in [0.5, 0.6) is 0 Å². The summed E-state index contributed by atoms with van der Waals surface area (Å²) in [6.07, 6.45) is 7.36. The lowest BCUT2D eigenvalue weighted by atomic mass is 10.2. The zero-order valence-corrected chi connectivity index (χ0v) is 8.69. The molecule has 0 aliphatic carbocycles. The number of hydrogen-bond donors (Lipinski definition) is 0. The molecule has 0 unspecified atom stereocenters. The Balaban J connectivity index is 2.52. The average molecular weight is 238 g/mol. The van der Waals surface area contributed by atoms with Gasteiger partial charge < -0.3 is 0 Å². The van der Waals surface area contributed by atoms with Gasteiger partial charge in [-0.1, -0.05) is 15.9 Å². The fourth-order valence-electron chi connectivity index (χ4n) is 1.15. The fourth-order valence-corrected chi connectivity index (χ4v) is 1.60. The number of nitrogens with zero attached hydrogens (tertiary/aromatic N) is 3. The molecule has 0 bridgehead atoms. The van der Waals surface area contributed by atoms with Crippen molar-refractivity contribution < 1.29 is 0 Å². The van der Waals surface area contributed by atoms with E-state index >= 15 is 0 Å². The van der Waals surface area contributed by atoms with E-state index in [-0.39, 0.29) is 0 Å². The zero-order chi connectivity index (χ0) is 9.26. The minimum Gasteiger partial charge on any atom is -0.275 e. The number of aryl methyl sites for hydroxylation is 1. The maximum absolute atomic E-state index is 4.10. The summed E-state index contributed by atoms with van der Waals surface area (Å²) < 4.78 is 2.81. The quantitative estimate of drug-likeness (QED) is 0.762. The SMILES string of the molecule is Cn1cc(-c2cnccc2Br)cn1. The van der Waals surface area contributed by atoms with Crippen LogP contribution in [0.15, 0.2) is 35.3 Å². The predicted molar refractivity (Wildman–Crippen MR) is 54.1 cm³/mol. The third-order valence-corrected chi connectivity index (χ3v) is 2.48. The molecule has 0 aliphatic heterocycles. The molecule has 0 N–H and O–H groups in total. The second-order valence-corrected chi connectivity index (χ2v) is 3.61. The number of pyridine rings is 1. The van der Waals surface area contributed by atoms with Crippen LogP contribution in [0, 0.1) is 0 Å². The standard InChI is InChI=1S/C9H8BrN3/c1-13-6-7(4-12-13)8-5-11-3-2-9(8)10/h2-6H,1H3. The third-order valence-electron chi connectivity index (χ3n) is 1.78. The van der Waals surface area contributed by atoms with Gasteiger partial charge in [-0.3, -0.25) is 9.67 Å². The summed E-state index contributed by atoms with van der Waals surface area (Å²) in [5, 5.41) is 4.10. The molecule has 2 aromatic rings. The average Bonchev–Trinajstić information content (AvgIpc) is 2.53. The highest BCUT2D eigenvalue weighted by Gasteiger charge is 2.03. The molecule has 0 amide bonds. The molecule has 0 radical (unpaired) electrons. The first-order valence-corrected chi connectivity index (χ1v) is 4.65. The van der Waals surface area contributed by atoms with E-state index in [1.165, 1.54) is 0 Å². The molecular weight excluding hydrogens is 230 g/mol. The Kier molecular flexibility index (Phi) is 2.14. The zero-order valence-electron chi connectivity index (χ0n) is 7.11. The lowest BCUT2D eigenvalue weighted by molar-refractivity contribution is 0.768. The van der Waals surface area contributed by atoms with Crippen LogP contribution < -0.4 is 0 Å². The molecular formula is C9H8BrN3. The van der Waals surface area contributed by atoms with Gasteiger partial charge in [-0.25, -0.2) is 0 Å². The maximum atomic E-state index is 4.10. The Bertz CT molecular complexity index is 422. The maximum Gasteiger partial charge on any atom is 0.0569 e. The monoisotopic (exact) mass is 237 g/mol. The Hall–Kier alpha value is -1.16. The topological polar surface area (TPSA) is 30.7 Å². The molecule has 0 saturated heterocycles. The van der Waals surface area contributed by atoms with E-state index in [0.29, 0.717) is 0 Å². The highest BCUT2D eigenvalue weighted by Crippen LogP contribution is 2.25. The van der Waals surface area contributed by atoms with Gasteiger partial charge in [-0.2, -0.15) is 5.10 Å². The van der Waals surface area contributed by atoms with E-state index < -0.39 is 0 Å². The summed E-state index contributed by atoms with van der Waals surface area (Å²) in [6, 6.07) is 1.92. The molecule has 0 aliphatic rings. The highest BCUT2D eigenvalue weighted by molar-refractivity contribution is 9.10. The first-order valence-electron chi connectivity index (χ1n) is 3.86. The molecule has 0 fully saturated rings. The Labute approximate surface area is 84.5 Å². The van der Waals surface area contributed by atoms with Gasteiger partial charge in [0.25, 0.3) is 0 Å². The second kappa shape index (κ2) is 3.30. The molecule has 2 rings (SSSR count). The Morgan fingerprint density at radius 3 is 2.85 bits per heavy atom. The number of rotatable bonds is 1. The molecule has 2 aromatic heterocycles. The van der Waals surface area contributed by atoms with Crippen LogP contribution in [0.4, 0.5) is 0 Å². The number of halogens is 1. The molecule has 0 saturated carbocycles. The van der Waals surface area contributed by atoms with Gasteiger partial charge in [-0.15, -0.1) is 0 Å². The van der Waals surface area contributed by atoms with Gasteiger partial charge >= 0.3 is 0 Å². The first kappa shape index (κ1) is 8.44. The van der Waals surface area contributed by atoms with Crippen LogP contribution in [0.1, 0.15) is 0 Å². The minimum absolute atomic E-state index is 1.04. The van der Waals surface area contributed by atoms with Gasteiger partial charge in [0.2, 0.25) is 0 Å². The Morgan fingerprint density at radius 1 is 1.38 bits per heavy atom. The van der Waals surface area contributed by atoms with Gasteiger partial charge in [-0.05, 0) is 6.07 Å². The molecule has 0 atom stereocenters. The van der Waals surface area contributed by atoms with Gasteiger partial charge in [0.05, 0.1) is 6.20 Å². The summed E-state index contributed by atoms with van der Waals surface area (Å²) >= 11 is 3.47. The van der Waals surface area contributed by atoms with Crippen molar-refractivity contribution in [3.05, 3.63) is 35.3 Å². The lowest BCUT2D eigenvalue weighted by Crippen LogP contribution is -1.84. The Morgan fingerprint density at radius 2 is 2.23 bits per heavy atom. The van der Waals surface area contributed by atoms with Gasteiger partial charge in [0, 0.05) is 41.2 Å². The fraction of sp³-hybridized carbons (Fsp3) is 0.111. The summed E-state index contributed by atoms with van der Waals surface area (Å²) in [7, 11) is 1.90. The molecule has 2 heterocycles. The molecule has 3 nitrogen and oxygen atoms in total. The van der Waals surface area contributed by atoms with Crippen molar-refractivity contribution in [1.82, 2.24) is 14.8 Å². The van der Waals surface area contributed by atoms with E-state index in [2.05, 4.69) is 26.0 Å². The summed E-state index contributed by atoms with van der Waals surface area (Å²) in [5.41, 5.74) is 2.14. The van der Waals surface area contributed by atoms with Crippen molar-refractivity contribution in [1.29, 1.82) is 0 Å². The molecule has 13 heavy (non-hydrogen) atoms. The van der Waals surface area contributed by atoms with E-state index in [0.717, 1.165) is 15.6 Å². The predicted octanol–water partition coefficient (Wildman–Crippen LogP) is 2.24. The van der Waals surface area contributed by atoms with E-state index in [9.17, 15) is 0 Å². The van der Waals surface area contributed by atoms with Crippen LogP contribution >= 0.6 is 15.9 Å². The highest BCUT2D eigenvalue weighted by atomic mass is 79.9. The van der Waals surface area contributed by atoms with E-state index in [4.69, 9.17) is 0 Å². The van der Waals surface area contributed by atoms with Crippen LogP contribution in [-0.4, -0.2) is 14.8 Å². The molecule has 66 valence electrons. The van der Waals surface area contributed by atoms with E-state index in [1.54, 1.807) is 10.9 Å². The van der Waals surface area contributed by atoms with Crippen molar-refractivity contribution in [2.24, 2.45) is 7.05 Å². The normalized spacial score (nSPS) is 10.3. The van der Waals surface area contributed by atoms with Crippen molar-refractivity contribution in [3.8, 4) is 11.1 Å². The van der Waals surface area contributed by atoms with Gasteiger partial charge in [0.15, 0.2) is 0 Å². The molecule has 4 heteroatoms. The minimum atomic E-state index is 1.04. The lowest BCUT2D eigenvalue weighted by Gasteiger charge is -1.98. The number of hydrogen-bond acceptors (Lipinski definition) is 2.